The molecule has 7 aromatic rings. The molecule has 11 heteroatoms. The third kappa shape index (κ3) is 6.82. The highest BCUT2D eigenvalue weighted by atomic mass is 19.1. The number of anilines is 1. The summed E-state index contributed by atoms with van der Waals surface area (Å²) in [4.78, 5) is 28.1. The number of benzene rings is 3. The highest BCUT2D eigenvalue weighted by molar-refractivity contribution is 5.71. The van der Waals surface area contributed by atoms with Crippen molar-refractivity contribution < 1.29 is 18.3 Å². The molecule has 9 nitrogen and oxygen atoms in total. The Bertz CT molecular complexity index is 2350. The van der Waals surface area contributed by atoms with Crippen LogP contribution in [0.5, 0.6) is 0 Å². The lowest BCUT2D eigenvalue weighted by Gasteiger charge is -2.38. The first kappa shape index (κ1) is 35.7. The summed E-state index contributed by atoms with van der Waals surface area (Å²) in [5.41, 5.74) is 4.30. The van der Waals surface area contributed by atoms with Gasteiger partial charge in [-0.15, -0.1) is 0 Å². The van der Waals surface area contributed by atoms with Crippen LogP contribution in [0, 0.1) is 11.6 Å². The van der Waals surface area contributed by atoms with Crippen LogP contribution in [-0.2, 0) is 10.3 Å². The van der Waals surface area contributed by atoms with E-state index < -0.39 is 28.9 Å². The number of pyridine rings is 2. The van der Waals surface area contributed by atoms with Gasteiger partial charge in [0.25, 0.3) is 0 Å². The first-order valence-corrected chi connectivity index (χ1v) is 18.4. The minimum atomic E-state index is -0.821. The molecule has 4 aromatic heterocycles. The molecule has 1 aliphatic heterocycles. The first-order valence-electron chi connectivity index (χ1n) is 18.4. The van der Waals surface area contributed by atoms with Crippen molar-refractivity contribution in [2.75, 3.05) is 18.4 Å². The Hall–Kier alpha value is -6.36. The number of carbonyl (C=O) groups excluding carboxylic acids is 1. The number of nitrogens with one attached hydrogen (secondary N) is 1. The van der Waals surface area contributed by atoms with E-state index in [2.05, 4.69) is 61.2 Å². The lowest BCUT2D eigenvalue weighted by Crippen LogP contribution is -2.47. The van der Waals surface area contributed by atoms with E-state index in [0.29, 0.717) is 37.3 Å². The first-order chi connectivity index (χ1) is 26.6. The van der Waals surface area contributed by atoms with Gasteiger partial charge in [0.2, 0.25) is 0 Å². The van der Waals surface area contributed by atoms with E-state index in [1.165, 1.54) is 6.20 Å². The molecule has 8 rings (SSSR count). The van der Waals surface area contributed by atoms with E-state index in [9.17, 15) is 4.79 Å². The van der Waals surface area contributed by atoms with Crippen LogP contribution < -0.4 is 5.32 Å². The van der Waals surface area contributed by atoms with Crippen molar-refractivity contribution in [3.05, 3.63) is 162 Å². The van der Waals surface area contributed by atoms with Gasteiger partial charge in [-0.2, -0.15) is 0 Å². The molecule has 0 radical (unpaired) electrons. The van der Waals surface area contributed by atoms with Crippen LogP contribution in [0.2, 0.25) is 0 Å². The molecular formula is C44H41F2N7O2. The fourth-order valence-corrected chi connectivity index (χ4v) is 7.57. The topological polar surface area (TPSA) is 89.6 Å². The van der Waals surface area contributed by atoms with E-state index in [-0.39, 0.29) is 17.6 Å². The van der Waals surface area contributed by atoms with Crippen LogP contribution in [-0.4, -0.2) is 59.6 Å². The molecule has 55 heavy (non-hydrogen) atoms. The van der Waals surface area contributed by atoms with E-state index in [1.54, 1.807) is 9.30 Å². The predicted octanol–water partition coefficient (Wildman–Crippen LogP) is 9.19. The summed E-state index contributed by atoms with van der Waals surface area (Å²) in [5, 5.41) is 3.12. The average molecular weight is 738 g/mol. The van der Waals surface area contributed by atoms with Gasteiger partial charge in [0.1, 0.15) is 22.5 Å². The average Bonchev–Trinajstić information content (AvgIpc) is 3.85. The maximum Gasteiger partial charge on any atom is 0.410 e. The second kappa shape index (κ2) is 14.5. The minimum absolute atomic E-state index is 0.0507. The molecule has 1 amide bonds. The Labute approximate surface area is 318 Å². The Morgan fingerprint density at radius 2 is 1.45 bits per heavy atom. The second-order valence-electron chi connectivity index (χ2n) is 14.8. The Morgan fingerprint density at radius 1 is 0.818 bits per heavy atom. The molecule has 3 aromatic carbocycles. The largest absolute Gasteiger partial charge is 0.444 e. The number of amides is 1. The van der Waals surface area contributed by atoms with Gasteiger partial charge in [0.15, 0.2) is 17.5 Å². The van der Waals surface area contributed by atoms with Gasteiger partial charge < -0.3 is 19.5 Å². The van der Waals surface area contributed by atoms with Crippen LogP contribution in [0.3, 0.4) is 0 Å². The number of fused-ring (bicyclic) bond motifs is 1. The molecule has 1 atom stereocenters. The number of rotatable bonds is 8. The number of likely N-dealkylation sites (tertiary alicyclic amines) is 1. The highest BCUT2D eigenvalue weighted by Crippen LogP contribution is 2.43. The number of carbonyl (C=O) groups is 1. The lowest BCUT2D eigenvalue weighted by molar-refractivity contribution is 0.0206. The third-order valence-electron chi connectivity index (χ3n) is 9.97. The normalized spacial score (nSPS) is 14.9. The standard InChI is InChI=1S/C44H41F2N7O2/c1-43(2,3)55-42(54)51-22-13-20-34(28-51)49-41-36(46)25-35(45)40(50-41)38-27-48-39-24-30(21-23-52(38)39)37-26-47-29-53(37)44(31-14-7-4-8-15-31,32-16-9-5-10-17-32)33-18-11-6-12-19-33/h4-12,14-19,21,23-27,29,34H,13,20,22,28H2,1-3H3,(H,49,50). The van der Waals surface area contributed by atoms with Crippen LogP contribution in [0.25, 0.3) is 28.3 Å². The summed E-state index contributed by atoms with van der Waals surface area (Å²) in [6.45, 7) is 6.28. The number of hydrogen-bond acceptors (Lipinski definition) is 6. The fraction of sp³-hybridized carbons (Fsp3) is 0.227. The summed E-state index contributed by atoms with van der Waals surface area (Å²) < 4.78 is 40.2. The number of ether oxygens (including phenoxy) is 1. The van der Waals surface area contributed by atoms with Crippen LogP contribution in [0.4, 0.5) is 19.4 Å². The van der Waals surface area contributed by atoms with Crippen molar-refractivity contribution in [3.63, 3.8) is 0 Å². The predicted molar refractivity (Wildman–Crippen MR) is 209 cm³/mol. The highest BCUT2D eigenvalue weighted by Gasteiger charge is 2.40. The fourth-order valence-electron chi connectivity index (χ4n) is 7.57. The summed E-state index contributed by atoms with van der Waals surface area (Å²) in [6, 6.07) is 35.5. The van der Waals surface area contributed by atoms with E-state index >= 15 is 8.78 Å². The second-order valence-corrected chi connectivity index (χ2v) is 14.8. The SMILES string of the molecule is CC(C)(C)OC(=O)N1CCCC(Nc2nc(-c3cnc4cc(-c5cncn5C(c5ccccc5)(c5ccccc5)c5ccccc5)ccn34)c(F)cc2F)C1. The molecule has 1 unspecified atom stereocenters. The van der Waals surface area contributed by atoms with Crippen molar-refractivity contribution in [1.82, 2.24) is 28.8 Å². The van der Waals surface area contributed by atoms with E-state index in [0.717, 1.165) is 34.0 Å². The van der Waals surface area contributed by atoms with Crippen molar-refractivity contribution in [1.29, 1.82) is 0 Å². The molecule has 0 bridgehead atoms. The molecule has 278 valence electrons. The van der Waals surface area contributed by atoms with Crippen LogP contribution in [0.1, 0.15) is 50.3 Å². The molecule has 1 fully saturated rings. The Kier molecular flexibility index (Phi) is 9.38. The number of piperidine rings is 1. The Balaban J connectivity index is 1.16. The molecule has 5 heterocycles. The molecule has 1 saturated heterocycles. The van der Waals surface area contributed by atoms with Crippen molar-refractivity contribution in [2.45, 2.75) is 50.8 Å². The molecule has 0 saturated carbocycles. The number of hydrogen-bond donors (Lipinski definition) is 1. The maximum atomic E-state index is 15.5. The zero-order valence-corrected chi connectivity index (χ0v) is 30.9. The summed E-state index contributed by atoms with van der Waals surface area (Å²) in [6.07, 6.45) is 8.01. The zero-order valence-electron chi connectivity index (χ0n) is 30.9. The van der Waals surface area contributed by atoms with Crippen LogP contribution >= 0.6 is 0 Å². The lowest BCUT2D eigenvalue weighted by atomic mass is 9.76. The van der Waals surface area contributed by atoms with E-state index in [1.807, 2.05) is 106 Å². The van der Waals surface area contributed by atoms with Gasteiger partial charge in [-0.25, -0.2) is 28.5 Å². The number of nitrogens with zero attached hydrogens (tertiary/aromatic N) is 6. The molecule has 0 spiro atoms. The quantitative estimate of drug-likeness (QED) is 0.157. The maximum absolute atomic E-state index is 15.5. The van der Waals surface area contributed by atoms with Gasteiger partial charge >= 0.3 is 6.09 Å². The Morgan fingerprint density at radius 3 is 2.07 bits per heavy atom. The number of halogens is 2. The molecule has 1 N–H and O–H groups in total. The summed E-state index contributed by atoms with van der Waals surface area (Å²) in [5.74, 6) is -1.73. The van der Waals surface area contributed by atoms with Gasteiger partial charge in [-0.05, 0) is 62.4 Å². The monoisotopic (exact) mass is 737 g/mol. The number of imidazole rings is 2. The van der Waals surface area contributed by atoms with Gasteiger partial charge in [0, 0.05) is 37.0 Å². The summed E-state index contributed by atoms with van der Waals surface area (Å²) >= 11 is 0. The molecule has 1 aliphatic rings. The third-order valence-corrected chi connectivity index (χ3v) is 9.97. The minimum Gasteiger partial charge on any atom is -0.444 e. The van der Waals surface area contributed by atoms with Gasteiger partial charge in [-0.1, -0.05) is 91.0 Å². The van der Waals surface area contributed by atoms with E-state index in [4.69, 9.17) is 4.74 Å². The molecular weight excluding hydrogens is 697 g/mol. The summed E-state index contributed by atoms with van der Waals surface area (Å²) in [7, 11) is 0. The smallest absolute Gasteiger partial charge is 0.410 e. The molecule has 0 aliphatic carbocycles. The van der Waals surface area contributed by atoms with Gasteiger partial charge in [-0.3, -0.25) is 4.40 Å². The van der Waals surface area contributed by atoms with Crippen LogP contribution in [0.15, 0.2) is 134 Å². The number of aromatic nitrogens is 5. The van der Waals surface area contributed by atoms with Crippen molar-refractivity contribution in [3.8, 4) is 22.6 Å². The van der Waals surface area contributed by atoms with Crippen molar-refractivity contribution >= 4 is 17.6 Å². The van der Waals surface area contributed by atoms with Crippen molar-refractivity contribution in [2.24, 2.45) is 0 Å². The van der Waals surface area contributed by atoms with Gasteiger partial charge in [0.05, 0.1) is 30.1 Å². The zero-order chi connectivity index (χ0) is 38.2.